The first kappa shape index (κ1) is 37.3. The third-order valence-corrected chi connectivity index (χ3v) is 12.0. The van der Waals surface area contributed by atoms with Crippen LogP contribution in [0.1, 0.15) is 30.7 Å². The molecule has 3 aromatic carbocycles. The van der Waals surface area contributed by atoms with Crippen LogP contribution in [0.5, 0.6) is 5.75 Å². The van der Waals surface area contributed by atoms with Crippen LogP contribution in [-0.4, -0.2) is 58.0 Å². The molecule has 0 spiro atoms. The summed E-state index contributed by atoms with van der Waals surface area (Å²) in [6.07, 6.45) is 1.71. The van der Waals surface area contributed by atoms with Gasteiger partial charge in [-0.25, -0.2) is 26.9 Å². The fourth-order valence-electron chi connectivity index (χ4n) is 4.68. The second-order valence-electron chi connectivity index (χ2n) is 11.9. The number of benzene rings is 3. The number of nitrogens with one attached hydrogen (secondary N) is 1. The third kappa shape index (κ3) is 9.36. The Morgan fingerprint density at radius 3 is 2.38 bits per heavy atom. The summed E-state index contributed by atoms with van der Waals surface area (Å²) in [6.45, 7) is 7.98. The fourth-order valence-corrected chi connectivity index (χ4v) is 8.01. The number of hydrogen-bond acceptors (Lipinski definition) is 7. The number of sulfonamides is 1. The number of halogens is 4. The molecule has 0 atom stereocenters. The van der Waals surface area contributed by atoms with E-state index in [9.17, 15) is 17.6 Å². The number of nitrogens with zero attached hydrogens (tertiary/aromatic N) is 2. The molecule has 8 nitrogen and oxygen atoms in total. The number of imidazole rings is 1. The van der Waals surface area contributed by atoms with Crippen molar-refractivity contribution in [3.63, 3.8) is 0 Å². The van der Waals surface area contributed by atoms with Gasteiger partial charge in [-0.05, 0) is 73.2 Å². The van der Waals surface area contributed by atoms with Crippen molar-refractivity contribution < 1.29 is 31.5 Å². The van der Waals surface area contributed by atoms with Gasteiger partial charge in [-0.15, -0.1) is 0 Å². The molecule has 254 valence electrons. The number of thioether (sulfide) groups is 1. The topological polar surface area (TPSA) is 103 Å². The molecule has 15 heteroatoms. The Hall–Kier alpha value is -2.49. The van der Waals surface area contributed by atoms with Crippen LogP contribution in [0.4, 0.5) is 8.78 Å². The predicted octanol–water partition coefficient (Wildman–Crippen LogP) is 7.58. The quantitative estimate of drug-likeness (QED) is 0.0736. The minimum absolute atomic E-state index is 0.0277. The molecule has 0 unspecified atom stereocenters. The molecule has 0 fully saturated rings. The van der Waals surface area contributed by atoms with Crippen molar-refractivity contribution in [3.8, 4) is 11.4 Å². The van der Waals surface area contributed by atoms with Gasteiger partial charge in [0, 0.05) is 40.6 Å². The lowest BCUT2D eigenvalue weighted by atomic mass is 9.81. The summed E-state index contributed by atoms with van der Waals surface area (Å²) in [7, 11) is -4.78. The second kappa shape index (κ2) is 15.4. The first-order chi connectivity index (χ1) is 22.0. The minimum atomic E-state index is -4.06. The van der Waals surface area contributed by atoms with Gasteiger partial charge in [0.15, 0.2) is 13.5 Å². The Morgan fingerprint density at radius 1 is 1.04 bits per heavy atom. The van der Waals surface area contributed by atoms with Crippen LogP contribution in [0.25, 0.3) is 5.69 Å². The molecule has 4 rings (SSSR count). The molecular formula is C32H37Cl2F2N3O5S2Si. The molecule has 0 saturated heterocycles. The lowest BCUT2D eigenvalue weighted by Crippen LogP contribution is -2.29. The molecule has 0 radical (unpaired) electrons. The van der Waals surface area contributed by atoms with Gasteiger partial charge in [0.05, 0.1) is 35.5 Å². The van der Waals surface area contributed by atoms with Gasteiger partial charge in [-0.3, -0.25) is 4.57 Å². The number of hydrogen-bond donors (Lipinski definition) is 2. The van der Waals surface area contributed by atoms with E-state index in [-0.39, 0.29) is 34.4 Å². The maximum absolute atomic E-state index is 15.4. The van der Waals surface area contributed by atoms with Gasteiger partial charge in [-0.2, -0.15) is 0 Å². The Labute approximate surface area is 289 Å². The van der Waals surface area contributed by atoms with Crippen LogP contribution in [0.3, 0.4) is 0 Å². The highest BCUT2D eigenvalue weighted by Gasteiger charge is 2.31. The molecule has 1 heterocycles. The van der Waals surface area contributed by atoms with Gasteiger partial charge in [0.1, 0.15) is 17.4 Å². The molecule has 0 saturated carbocycles. The van der Waals surface area contributed by atoms with Crippen LogP contribution in [0.2, 0.25) is 29.2 Å². The maximum Gasteiger partial charge on any atom is 0.240 e. The van der Waals surface area contributed by atoms with E-state index in [1.807, 2.05) is 30.5 Å². The summed E-state index contributed by atoms with van der Waals surface area (Å²) in [6, 6.07) is 14.1. The molecule has 4 aromatic rings. The number of rotatable bonds is 15. The molecule has 0 bridgehead atoms. The summed E-state index contributed by atoms with van der Waals surface area (Å²) < 4.78 is 70.1. The molecule has 47 heavy (non-hydrogen) atoms. The average molecular weight is 745 g/mol. The van der Waals surface area contributed by atoms with Crippen molar-refractivity contribution >= 4 is 53.3 Å². The smallest absolute Gasteiger partial charge is 0.240 e. The van der Waals surface area contributed by atoms with E-state index < -0.39 is 35.4 Å². The summed E-state index contributed by atoms with van der Waals surface area (Å²) in [4.78, 5) is 14.2. The van der Waals surface area contributed by atoms with Crippen molar-refractivity contribution in [2.24, 2.45) is 0 Å². The average Bonchev–Trinajstić information content (AvgIpc) is 3.43. The monoisotopic (exact) mass is 743 g/mol. The first-order valence-corrected chi connectivity index (χ1v) is 21.0. The zero-order chi connectivity index (χ0) is 34.6. The Kier molecular flexibility index (Phi) is 12.2. The van der Waals surface area contributed by atoms with E-state index in [4.69, 9.17) is 32.7 Å². The maximum atomic E-state index is 15.4. The molecule has 0 amide bonds. The normalized spacial score (nSPS) is 12.5. The van der Waals surface area contributed by atoms with Crippen molar-refractivity contribution in [1.29, 1.82) is 0 Å². The Morgan fingerprint density at radius 2 is 1.74 bits per heavy atom. The van der Waals surface area contributed by atoms with Crippen LogP contribution in [-0.2, 0) is 25.9 Å². The van der Waals surface area contributed by atoms with Gasteiger partial charge in [-0.1, -0.05) is 54.9 Å². The largest absolute Gasteiger partial charge is 0.495 e. The van der Waals surface area contributed by atoms with E-state index in [2.05, 4.69) is 9.71 Å². The second-order valence-corrected chi connectivity index (χ2v) is 19.6. The van der Waals surface area contributed by atoms with E-state index in [0.29, 0.717) is 34.3 Å². The van der Waals surface area contributed by atoms with E-state index >= 15 is 4.39 Å². The Balaban J connectivity index is 1.57. The zero-order valence-electron chi connectivity index (χ0n) is 26.6. The zero-order valence-corrected chi connectivity index (χ0v) is 30.8. The number of methoxy groups -OCH3 is 1. The molecule has 1 aromatic heterocycles. The summed E-state index contributed by atoms with van der Waals surface area (Å²) in [5.41, 5.74) is 1.76. The van der Waals surface area contributed by atoms with E-state index in [1.165, 1.54) is 37.1 Å². The molecule has 2 N–H and O–H groups in total. The molecule has 0 aliphatic rings. The molecule has 0 aliphatic heterocycles. The van der Waals surface area contributed by atoms with Crippen molar-refractivity contribution in [3.05, 3.63) is 99.3 Å². The fraction of sp³-hybridized carbons (Fsp3) is 0.344. The van der Waals surface area contributed by atoms with Gasteiger partial charge >= 0.3 is 0 Å². The van der Waals surface area contributed by atoms with Gasteiger partial charge in [0.25, 0.3) is 0 Å². The standard InChI is InChI=1S/C32H37Cl2F2N3O5S2Si/c1-32(2,21-6-11-26(33)29(16-21)43-3)30-19-37-31(39(30)23-9-7-22(35)8-10-23)45-20-25-27(34)17-24(18-28(25)36)46(40,41)38-12-13-44-14-15-47(4,5)42/h6-11,16-19,38,42H,12-15,20H2,1-5H3. The number of aromatic nitrogens is 2. The van der Waals surface area contributed by atoms with Crippen LogP contribution < -0.4 is 9.46 Å². The summed E-state index contributed by atoms with van der Waals surface area (Å²) in [5.74, 6) is -0.638. The SMILES string of the molecule is COc1cc(C(C)(C)c2cnc(SCc3c(F)cc(S(=O)(=O)NCCOCC[Si](C)(C)O)cc3Cl)n2-c2ccc(F)cc2)ccc1Cl. The number of ether oxygens (including phenoxy) is 2. The highest BCUT2D eigenvalue weighted by atomic mass is 35.5. The minimum Gasteiger partial charge on any atom is -0.495 e. The van der Waals surface area contributed by atoms with E-state index in [1.54, 1.807) is 37.5 Å². The highest BCUT2D eigenvalue weighted by molar-refractivity contribution is 7.98. The van der Waals surface area contributed by atoms with Gasteiger partial charge in [0.2, 0.25) is 10.0 Å². The summed E-state index contributed by atoms with van der Waals surface area (Å²) in [5, 5.41) is 0.900. The van der Waals surface area contributed by atoms with Crippen LogP contribution >= 0.6 is 35.0 Å². The van der Waals surface area contributed by atoms with Crippen molar-refractivity contribution in [2.75, 3.05) is 26.9 Å². The van der Waals surface area contributed by atoms with Gasteiger partial charge < -0.3 is 14.3 Å². The lowest BCUT2D eigenvalue weighted by Gasteiger charge is -2.28. The Bertz CT molecular complexity index is 1800. The first-order valence-electron chi connectivity index (χ1n) is 14.6. The van der Waals surface area contributed by atoms with Crippen LogP contribution in [0.15, 0.2) is 70.8 Å². The predicted molar refractivity (Wildman–Crippen MR) is 185 cm³/mol. The third-order valence-electron chi connectivity index (χ3n) is 7.49. The lowest BCUT2D eigenvalue weighted by molar-refractivity contribution is 0.150. The van der Waals surface area contributed by atoms with Crippen molar-refractivity contribution in [2.45, 2.75) is 54.2 Å². The van der Waals surface area contributed by atoms with Crippen LogP contribution in [0, 0.1) is 11.6 Å². The summed E-state index contributed by atoms with van der Waals surface area (Å²) >= 11 is 13.9. The molecular weight excluding hydrogens is 707 g/mol. The van der Waals surface area contributed by atoms with Crippen molar-refractivity contribution in [1.82, 2.24) is 14.3 Å². The molecule has 0 aliphatic carbocycles. The highest BCUT2D eigenvalue weighted by Crippen LogP contribution is 2.40. The van der Waals surface area contributed by atoms with E-state index in [0.717, 1.165) is 17.3 Å².